The van der Waals surface area contributed by atoms with Gasteiger partial charge in [0.15, 0.2) is 0 Å². The van der Waals surface area contributed by atoms with Gasteiger partial charge >= 0.3 is 94.7 Å². The molecule has 0 unspecified atom stereocenters. The first kappa shape index (κ1) is 50.0. The molecule has 0 aliphatic rings. The average Bonchev–Trinajstić information content (AvgIpc) is 3.09. The Labute approximate surface area is 403 Å². The molecule has 2 amide bonds. The first-order valence-electron chi connectivity index (χ1n) is 15.7. The number of hydrogen-bond acceptors (Lipinski definition) is 14. The van der Waals surface area contributed by atoms with E-state index in [1.165, 1.54) is 43.3 Å². The maximum atomic E-state index is 13.3. The number of benzene rings is 6. The number of carbonyl (C=O) groups is 1. The van der Waals surface area contributed by atoms with Gasteiger partial charge in [-0.15, -0.1) is 10.2 Å². The molecule has 0 saturated carbocycles. The molecule has 24 heteroatoms. The third-order valence-corrected chi connectivity index (χ3v) is 10.8. The van der Waals surface area contributed by atoms with Crippen LogP contribution in [0, 0.1) is 13.8 Å². The van der Waals surface area contributed by atoms with Gasteiger partial charge in [0.1, 0.15) is 19.9 Å². The molecule has 18 nitrogen and oxygen atoms in total. The van der Waals surface area contributed by atoms with Gasteiger partial charge in [-0.1, -0.05) is 47.9 Å². The largest absolute Gasteiger partial charge is 1.00 e. The van der Waals surface area contributed by atoms with Gasteiger partial charge in [0.25, 0.3) is 20.2 Å². The van der Waals surface area contributed by atoms with E-state index in [4.69, 9.17) is 0 Å². The van der Waals surface area contributed by atoms with Crippen molar-refractivity contribution in [2.75, 3.05) is 10.6 Å². The number of aryl methyl sites for hydroxylation is 2. The number of fused-ring (bicyclic) bond motifs is 2. The van der Waals surface area contributed by atoms with Crippen LogP contribution in [0.25, 0.3) is 21.5 Å². The van der Waals surface area contributed by atoms with Gasteiger partial charge in [-0.05, 0) is 95.7 Å². The van der Waals surface area contributed by atoms with Crippen molar-refractivity contribution < 1.29 is 143 Å². The Bertz CT molecular complexity index is 3040. The van der Waals surface area contributed by atoms with E-state index in [1.807, 2.05) is 0 Å². The summed E-state index contributed by atoms with van der Waals surface area (Å²) in [6.07, 6.45) is 0. The molecular formula is C35H25N6Na3O12S3. The van der Waals surface area contributed by atoms with Crippen LogP contribution in [0.15, 0.2) is 126 Å². The molecule has 0 atom stereocenters. The molecule has 0 saturated heterocycles. The van der Waals surface area contributed by atoms with Crippen molar-refractivity contribution in [1.82, 2.24) is 0 Å². The monoisotopic (exact) mass is 886 g/mol. The fraction of sp³-hybridized carbons (Fsp3) is 0.0571. The summed E-state index contributed by atoms with van der Waals surface area (Å²) < 4.78 is 103. The smallest absolute Gasteiger partial charge is 0.871 e. The zero-order valence-electron chi connectivity index (χ0n) is 31.7. The number of rotatable bonds is 9. The fourth-order valence-corrected chi connectivity index (χ4v) is 7.61. The molecule has 59 heavy (non-hydrogen) atoms. The first-order chi connectivity index (χ1) is 26.2. The Morgan fingerprint density at radius 2 is 1.15 bits per heavy atom. The summed E-state index contributed by atoms with van der Waals surface area (Å²) >= 11 is 0. The number of nitrogens with zero attached hydrogens (tertiary/aromatic N) is 4. The summed E-state index contributed by atoms with van der Waals surface area (Å²) in [6, 6.07) is 18.6. The Morgan fingerprint density at radius 1 is 0.610 bits per heavy atom. The van der Waals surface area contributed by atoms with E-state index in [9.17, 15) is 53.9 Å². The van der Waals surface area contributed by atoms with Gasteiger partial charge in [-0.3, -0.25) is 9.11 Å². The zero-order chi connectivity index (χ0) is 40.7. The van der Waals surface area contributed by atoms with Gasteiger partial charge in [0.2, 0.25) is 0 Å². The van der Waals surface area contributed by atoms with Crippen LogP contribution in [-0.4, -0.2) is 44.9 Å². The molecule has 0 fully saturated rings. The molecule has 0 aliphatic carbocycles. The van der Waals surface area contributed by atoms with Gasteiger partial charge in [-0.2, -0.15) is 27.1 Å². The predicted octanol–water partition coefficient (Wildman–Crippen LogP) is -2.36. The number of carbonyl (C=O) groups excluding carboxylic acids is 1. The summed E-state index contributed by atoms with van der Waals surface area (Å²) in [5, 5.41) is 46.6. The third-order valence-electron chi connectivity index (χ3n) is 8.20. The molecule has 0 bridgehead atoms. The standard InChI is InChI=1S/C35H28N6O12S3.3Na/c1-18-5-3-4-6-27(18)38-41-32-30(55(48,49)50)17-21-15-22(7-10-25(21)33(32)43)36-35(44)37-23-8-11-26-20(14-23)16-29(42)31(34(26)56(51,52)53)40-39-28-12-9-24(13-19(28)2)54(45,46)47;;;/h3-17,42-43H,1-2H3,(H2,36,37,44)(H,45,46,47)(H,48,49,50)(H,51,52,53);;;/q;3*+1/p-3. The molecule has 4 N–H and O–H groups in total. The Kier molecular flexibility index (Phi) is 16.6. The molecular weight excluding hydrogens is 862 g/mol. The maximum Gasteiger partial charge on any atom is 1.00 e. The molecule has 0 spiro atoms. The Balaban J connectivity index is 0.00000310. The van der Waals surface area contributed by atoms with E-state index in [0.29, 0.717) is 11.3 Å². The number of nitrogens with one attached hydrogen (secondary N) is 2. The minimum atomic E-state index is -5.11. The van der Waals surface area contributed by atoms with Crippen LogP contribution < -0.4 is 110 Å². The molecule has 0 radical (unpaired) electrons. The van der Waals surface area contributed by atoms with E-state index in [-0.39, 0.29) is 133 Å². The van der Waals surface area contributed by atoms with Crippen molar-refractivity contribution in [3.63, 3.8) is 0 Å². The number of azo groups is 2. The van der Waals surface area contributed by atoms with Crippen LogP contribution in [0.2, 0.25) is 0 Å². The average molecular weight is 887 g/mol. The minimum Gasteiger partial charge on any atom is -0.871 e. The van der Waals surface area contributed by atoms with Crippen molar-refractivity contribution in [3.8, 4) is 11.5 Å². The van der Waals surface area contributed by atoms with Crippen LogP contribution in [0.4, 0.5) is 38.9 Å². The minimum absolute atomic E-state index is 0. The summed E-state index contributed by atoms with van der Waals surface area (Å²) in [5.74, 6) is -1.85. The number of urea groups is 1. The second kappa shape index (κ2) is 19.6. The van der Waals surface area contributed by atoms with E-state index < -0.39 is 73.9 Å². The van der Waals surface area contributed by atoms with Crippen LogP contribution >= 0.6 is 0 Å². The molecule has 288 valence electrons. The van der Waals surface area contributed by atoms with E-state index in [2.05, 4.69) is 31.1 Å². The fourth-order valence-electron chi connectivity index (χ4n) is 5.55. The molecule has 6 aromatic rings. The number of hydrogen-bond donors (Lipinski definition) is 4. The third kappa shape index (κ3) is 11.5. The molecule has 6 rings (SSSR count). The van der Waals surface area contributed by atoms with Gasteiger partial charge in [-0.25, -0.2) is 13.2 Å². The number of amides is 2. The summed E-state index contributed by atoms with van der Waals surface area (Å²) in [6.45, 7) is 3.13. The second-order valence-electron chi connectivity index (χ2n) is 12.1. The van der Waals surface area contributed by atoms with Crippen molar-refractivity contribution in [3.05, 3.63) is 102 Å². The maximum absolute atomic E-state index is 13.3. The number of anilines is 2. The van der Waals surface area contributed by atoms with Crippen LogP contribution in [-0.2, 0) is 30.4 Å². The van der Waals surface area contributed by atoms with E-state index >= 15 is 0 Å². The van der Waals surface area contributed by atoms with Crippen molar-refractivity contribution in [2.24, 2.45) is 20.5 Å². The topological polar surface area (TPSA) is 303 Å². The van der Waals surface area contributed by atoms with Gasteiger partial charge in [0, 0.05) is 16.8 Å². The Hall–Kier alpha value is -3.36. The van der Waals surface area contributed by atoms with Crippen molar-refractivity contribution in [2.45, 2.75) is 28.5 Å². The van der Waals surface area contributed by atoms with Gasteiger partial charge < -0.3 is 25.4 Å². The quantitative estimate of drug-likeness (QED) is 0.0674. The second-order valence-corrected chi connectivity index (χ2v) is 16.2. The van der Waals surface area contributed by atoms with Crippen LogP contribution in [0.5, 0.6) is 11.5 Å². The summed E-state index contributed by atoms with van der Waals surface area (Å²) in [4.78, 5) is 10.8. The first-order valence-corrected chi connectivity index (χ1v) is 20.0. The van der Waals surface area contributed by atoms with Crippen LogP contribution in [0.3, 0.4) is 0 Å². The molecule has 0 aromatic heterocycles. The molecule has 0 heterocycles. The van der Waals surface area contributed by atoms with Crippen LogP contribution in [0.1, 0.15) is 11.1 Å². The normalized spacial score (nSPS) is 11.9. The predicted molar refractivity (Wildman–Crippen MR) is 198 cm³/mol. The van der Waals surface area contributed by atoms with E-state index in [0.717, 1.165) is 30.3 Å². The summed E-state index contributed by atoms with van der Waals surface area (Å²) in [7, 11) is -14.9. The molecule has 0 aliphatic heterocycles. The van der Waals surface area contributed by atoms with Gasteiger partial charge in [0.05, 0.1) is 27.6 Å². The zero-order valence-corrected chi connectivity index (χ0v) is 40.1. The SMILES string of the molecule is Cc1ccccc1N=Nc1c(S(=O)(=O)O)cc2cc(NC(=O)Nc3ccc4c(S(=O)(=O)O)c(N=Nc5ccc(S(=O)(=O)[O-])cc5C)c([O-])cc4c3)ccc2c1[O-].[Na+].[Na+].[Na+]. The summed E-state index contributed by atoms with van der Waals surface area (Å²) in [5.41, 5.74) is -0.0412. The van der Waals surface area contributed by atoms with Crippen molar-refractivity contribution in [1.29, 1.82) is 0 Å². The van der Waals surface area contributed by atoms with Crippen molar-refractivity contribution >= 4 is 92.1 Å². The van der Waals surface area contributed by atoms with E-state index in [1.54, 1.807) is 31.2 Å². The Morgan fingerprint density at radius 3 is 1.69 bits per heavy atom. The molecule has 6 aromatic carbocycles.